The maximum atomic E-state index is 12.5. The molecule has 3 heterocycles. The minimum atomic E-state index is -0.271. The van der Waals surface area contributed by atoms with E-state index in [2.05, 4.69) is 20.7 Å². The summed E-state index contributed by atoms with van der Waals surface area (Å²) in [6.45, 7) is 3.34. The highest BCUT2D eigenvalue weighted by Crippen LogP contribution is 2.22. The Hall–Kier alpha value is -3.49. The van der Waals surface area contributed by atoms with Crippen molar-refractivity contribution in [2.75, 3.05) is 13.1 Å². The van der Waals surface area contributed by atoms with Crippen LogP contribution >= 0.6 is 0 Å². The molecule has 9 heteroatoms. The van der Waals surface area contributed by atoms with E-state index < -0.39 is 0 Å². The summed E-state index contributed by atoms with van der Waals surface area (Å²) in [6.07, 6.45) is 1.63. The lowest BCUT2D eigenvalue weighted by Gasteiger charge is -2.38. The molecule has 0 bridgehead atoms. The molecule has 2 aromatic heterocycles. The average Bonchev–Trinajstić information content (AvgIpc) is 3.26. The molecule has 3 aromatic rings. The Balaban J connectivity index is 1.32. The van der Waals surface area contributed by atoms with Crippen molar-refractivity contribution in [3.05, 3.63) is 65.2 Å². The fourth-order valence-corrected chi connectivity index (χ4v) is 3.19. The highest BCUT2D eigenvalue weighted by atomic mass is 16.2. The zero-order valence-electron chi connectivity index (χ0n) is 15.7. The summed E-state index contributed by atoms with van der Waals surface area (Å²) in [6, 6.07) is 11.5. The van der Waals surface area contributed by atoms with Crippen molar-refractivity contribution in [3.63, 3.8) is 0 Å². The smallest absolute Gasteiger partial charge is 0.273 e. The summed E-state index contributed by atoms with van der Waals surface area (Å²) < 4.78 is 3.24. The van der Waals surface area contributed by atoms with Gasteiger partial charge in [0.2, 0.25) is 0 Å². The number of nitrogens with one attached hydrogen (secondary N) is 1. The number of nitrogens with zero attached hydrogens (tertiary/aromatic N) is 6. The monoisotopic (exact) mass is 379 g/mol. The van der Waals surface area contributed by atoms with Crippen LogP contribution in [0.3, 0.4) is 0 Å². The third-order valence-corrected chi connectivity index (χ3v) is 4.78. The van der Waals surface area contributed by atoms with Crippen LogP contribution in [0.4, 0.5) is 0 Å². The van der Waals surface area contributed by atoms with Crippen LogP contribution in [0.5, 0.6) is 0 Å². The van der Waals surface area contributed by atoms with E-state index in [-0.39, 0.29) is 23.6 Å². The molecule has 1 aliphatic heterocycles. The van der Waals surface area contributed by atoms with Crippen molar-refractivity contribution in [1.82, 2.24) is 35.0 Å². The number of benzene rings is 1. The van der Waals surface area contributed by atoms with Crippen LogP contribution in [-0.4, -0.2) is 54.6 Å². The standard InChI is InChI=1S/C19H21N7O2/c1-13-8-17(24(2)22-13)19(28)25-10-15(11-25)26-12-16(21-23-26)18(27)20-9-14-6-4-3-5-7-14/h3-8,12,15H,9-11H2,1-2H3,(H,20,27). The number of aromatic nitrogens is 5. The predicted molar refractivity (Wildman–Crippen MR) is 101 cm³/mol. The normalized spacial score (nSPS) is 14.0. The SMILES string of the molecule is Cc1cc(C(=O)N2CC(n3cc(C(=O)NCc4ccccc4)nn3)C2)n(C)n1. The molecule has 1 N–H and O–H groups in total. The molecule has 1 saturated heterocycles. The van der Waals surface area contributed by atoms with E-state index in [1.54, 1.807) is 33.6 Å². The second-order valence-corrected chi connectivity index (χ2v) is 6.91. The van der Waals surface area contributed by atoms with Crippen LogP contribution < -0.4 is 5.32 Å². The highest BCUT2D eigenvalue weighted by Gasteiger charge is 2.34. The molecule has 9 nitrogen and oxygen atoms in total. The lowest BCUT2D eigenvalue weighted by atomic mass is 10.1. The number of likely N-dealkylation sites (tertiary alicyclic amines) is 1. The predicted octanol–water partition coefficient (Wildman–Crippen LogP) is 0.947. The van der Waals surface area contributed by atoms with Gasteiger partial charge in [-0.15, -0.1) is 5.10 Å². The fourth-order valence-electron chi connectivity index (χ4n) is 3.19. The molecule has 0 atom stereocenters. The number of hydrogen-bond acceptors (Lipinski definition) is 5. The molecular weight excluding hydrogens is 358 g/mol. The van der Waals surface area contributed by atoms with Gasteiger partial charge in [-0.3, -0.25) is 14.3 Å². The average molecular weight is 379 g/mol. The number of carbonyl (C=O) groups is 2. The van der Waals surface area contributed by atoms with Crippen molar-refractivity contribution in [2.45, 2.75) is 19.5 Å². The molecule has 4 rings (SSSR count). The molecular formula is C19H21N7O2. The summed E-state index contributed by atoms with van der Waals surface area (Å²) in [7, 11) is 1.76. The topological polar surface area (TPSA) is 97.9 Å². The maximum absolute atomic E-state index is 12.5. The molecule has 0 unspecified atom stereocenters. The molecule has 1 fully saturated rings. The highest BCUT2D eigenvalue weighted by molar-refractivity contribution is 5.93. The summed E-state index contributed by atoms with van der Waals surface area (Å²) in [5, 5.41) is 15.1. The van der Waals surface area contributed by atoms with Crippen LogP contribution in [0.2, 0.25) is 0 Å². The van der Waals surface area contributed by atoms with Crippen LogP contribution in [0.15, 0.2) is 42.6 Å². The number of aryl methyl sites for hydroxylation is 2. The first-order valence-corrected chi connectivity index (χ1v) is 9.05. The van der Waals surface area contributed by atoms with Crippen molar-refractivity contribution in [3.8, 4) is 0 Å². The van der Waals surface area contributed by atoms with Gasteiger partial charge in [0.25, 0.3) is 11.8 Å². The largest absolute Gasteiger partial charge is 0.347 e. The molecule has 0 aliphatic carbocycles. The molecule has 144 valence electrons. The third kappa shape index (κ3) is 3.51. The Kier molecular flexibility index (Phi) is 4.64. The maximum Gasteiger partial charge on any atom is 0.273 e. The zero-order chi connectivity index (χ0) is 19.7. The molecule has 0 saturated carbocycles. The number of amides is 2. The van der Waals surface area contributed by atoms with Gasteiger partial charge < -0.3 is 10.2 Å². The van der Waals surface area contributed by atoms with E-state index in [4.69, 9.17) is 0 Å². The van der Waals surface area contributed by atoms with Gasteiger partial charge >= 0.3 is 0 Å². The van der Waals surface area contributed by atoms with Gasteiger partial charge in [-0.05, 0) is 18.6 Å². The first kappa shape index (κ1) is 17.9. The Morgan fingerprint density at radius 3 is 2.64 bits per heavy atom. The minimum Gasteiger partial charge on any atom is -0.347 e. The number of carbonyl (C=O) groups excluding carboxylic acids is 2. The molecule has 0 spiro atoms. The summed E-state index contributed by atoms with van der Waals surface area (Å²) in [5.41, 5.74) is 2.66. The van der Waals surface area contributed by atoms with Gasteiger partial charge in [-0.2, -0.15) is 5.10 Å². The van der Waals surface area contributed by atoms with Crippen molar-refractivity contribution in [2.24, 2.45) is 7.05 Å². The summed E-state index contributed by atoms with van der Waals surface area (Å²) in [5.74, 6) is -0.326. The van der Waals surface area contributed by atoms with Gasteiger partial charge in [0.15, 0.2) is 5.69 Å². The van der Waals surface area contributed by atoms with Crippen LogP contribution in [0.1, 0.15) is 38.3 Å². The van der Waals surface area contributed by atoms with Crippen molar-refractivity contribution >= 4 is 11.8 Å². The summed E-state index contributed by atoms with van der Waals surface area (Å²) in [4.78, 5) is 26.5. The van der Waals surface area contributed by atoms with Gasteiger partial charge in [-0.25, -0.2) is 4.68 Å². The van der Waals surface area contributed by atoms with Crippen LogP contribution in [-0.2, 0) is 13.6 Å². The van der Waals surface area contributed by atoms with Crippen molar-refractivity contribution < 1.29 is 9.59 Å². The molecule has 1 aliphatic rings. The van der Waals surface area contributed by atoms with E-state index in [0.29, 0.717) is 25.3 Å². The first-order valence-electron chi connectivity index (χ1n) is 9.05. The molecule has 1 aromatic carbocycles. The first-order chi connectivity index (χ1) is 13.5. The second-order valence-electron chi connectivity index (χ2n) is 6.91. The molecule has 2 amide bonds. The molecule has 0 radical (unpaired) electrons. The van der Waals surface area contributed by atoms with Gasteiger partial charge in [-0.1, -0.05) is 35.5 Å². The summed E-state index contributed by atoms with van der Waals surface area (Å²) >= 11 is 0. The van der Waals surface area contributed by atoms with Gasteiger partial charge in [0, 0.05) is 26.7 Å². The molecule has 28 heavy (non-hydrogen) atoms. The quantitative estimate of drug-likeness (QED) is 0.712. The van der Waals surface area contributed by atoms with Gasteiger partial charge in [0.1, 0.15) is 5.69 Å². The Labute approximate surface area is 161 Å². The van der Waals surface area contributed by atoms with Crippen molar-refractivity contribution in [1.29, 1.82) is 0 Å². The van der Waals surface area contributed by atoms with E-state index in [9.17, 15) is 9.59 Å². The Morgan fingerprint density at radius 2 is 1.96 bits per heavy atom. The van der Waals surface area contributed by atoms with E-state index in [1.165, 1.54) is 0 Å². The minimum absolute atomic E-state index is 0.0152. The zero-order valence-corrected chi connectivity index (χ0v) is 15.7. The Morgan fingerprint density at radius 1 is 1.21 bits per heavy atom. The van der Waals surface area contributed by atoms with E-state index >= 15 is 0 Å². The van der Waals surface area contributed by atoms with Gasteiger partial charge in [0.05, 0.1) is 17.9 Å². The lowest BCUT2D eigenvalue weighted by Crippen LogP contribution is -2.51. The van der Waals surface area contributed by atoms with E-state index in [1.807, 2.05) is 37.3 Å². The number of hydrogen-bond donors (Lipinski definition) is 1. The lowest BCUT2D eigenvalue weighted by molar-refractivity contribution is 0.0487. The third-order valence-electron chi connectivity index (χ3n) is 4.78. The van der Waals surface area contributed by atoms with Crippen LogP contribution in [0.25, 0.3) is 0 Å². The van der Waals surface area contributed by atoms with Crippen LogP contribution in [0, 0.1) is 6.92 Å². The fraction of sp³-hybridized carbons (Fsp3) is 0.316. The van der Waals surface area contributed by atoms with E-state index in [0.717, 1.165) is 11.3 Å². The second kappa shape index (κ2) is 7.26. The Bertz CT molecular complexity index is 1000. The number of rotatable bonds is 5.